The van der Waals surface area contributed by atoms with Crippen molar-refractivity contribution in [2.75, 3.05) is 18.8 Å². The Bertz CT molecular complexity index is 684. The topological polar surface area (TPSA) is 79.4 Å². The van der Waals surface area contributed by atoms with Gasteiger partial charge in [-0.2, -0.15) is 4.31 Å². The molecule has 1 saturated heterocycles. The fraction of sp³-hybridized carbons (Fsp3) is 0.667. The zero-order valence-corrected chi connectivity index (χ0v) is 17.4. The molecule has 26 heavy (non-hydrogen) atoms. The molecule has 0 spiro atoms. The van der Waals surface area contributed by atoms with Crippen molar-refractivity contribution in [2.24, 2.45) is 5.92 Å². The van der Waals surface area contributed by atoms with Crippen LogP contribution in [0.25, 0.3) is 0 Å². The number of carbonyl (C=O) groups is 1. The minimum atomic E-state index is -3.43. The normalized spacial score (nSPS) is 16.8. The first kappa shape index (κ1) is 21.2. The van der Waals surface area contributed by atoms with Crippen molar-refractivity contribution >= 4 is 27.7 Å². The maximum absolute atomic E-state index is 12.5. The molecule has 1 aromatic heterocycles. The Morgan fingerprint density at radius 2 is 1.92 bits per heavy atom. The summed E-state index contributed by atoms with van der Waals surface area (Å²) in [5.41, 5.74) is 0. The largest absolute Gasteiger partial charge is 0.353 e. The number of amides is 1. The molecule has 0 aromatic carbocycles. The van der Waals surface area contributed by atoms with Gasteiger partial charge < -0.3 is 5.32 Å². The fourth-order valence-corrected chi connectivity index (χ4v) is 4.91. The van der Waals surface area contributed by atoms with E-state index < -0.39 is 10.0 Å². The van der Waals surface area contributed by atoms with Crippen LogP contribution in [0.5, 0.6) is 0 Å². The van der Waals surface area contributed by atoms with Crippen LogP contribution >= 0.6 is 11.8 Å². The SMILES string of the molecule is CC(C)CCC(C)NC(=O)CSc1ccc(S(=O)(=O)N2CCCC2)cn1. The molecule has 1 fully saturated rings. The van der Waals surface area contributed by atoms with Gasteiger partial charge in [-0.05, 0) is 50.7 Å². The Kier molecular flexibility index (Phi) is 7.91. The smallest absolute Gasteiger partial charge is 0.244 e. The summed E-state index contributed by atoms with van der Waals surface area (Å²) in [6, 6.07) is 3.40. The molecule has 2 rings (SSSR count). The first-order chi connectivity index (χ1) is 12.3. The van der Waals surface area contributed by atoms with Crippen LogP contribution in [0.1, 0.15) is 46.5 Å². The van der Waals surface area contributed by atoms with Crippen LogP contribution in [0, 0.1) is 5.92 Å². The van der Waals surface area contributed by atoms with Crippen LogP contribution in [0.2, 0.25) is 0 Å². The first-order valence-electron chi connectivity index (χ1n) is 9.17. The van der Waals surface area contributed by atoms with E-state index in [9.17, 15) is 13.2 Å². The Balaban J connectivity index is 1.82. The molecule has 0 radical (unpaired) electrons. The first-order valence-corrected chi connectivity index (χ1v) is 11.6. The molecule has 1 unspecified atom stereocenters. The maximum atomic E-state index is 12.5. The maximum Gasteiger partial charge on any atom is 0.244 e. The van der Waals surface area contributed by atoms with E-state index in [1.807, 2.05) is 6.92 Å². The lowest BCUT2D eigenvalue weighted by Gasteiger charge is -2.15. The van der Waals surface area contributed by atoms with Gasteiger partial charge >= 0.3 is 0 Å². The van der Waals surface area contributed by atoms with Gasteiger partial charge in [-0.25, -0.2) is 13.4 Å². The number of thioether (sulfide) groups is 1. The van der Waals surface area contributed by atoms with Crippen LogP contribution in [0.3, 0.4) is 0 Å². The van der Waals surface area contributed by atoms with E-state index in [2.05, 4.69) is 24.1 Å². The lowest BCUT2D eigenvalue weighted by atomic mass is 10.0. The number of nitrogens with one attached hydrogen (secondary N) is 1. The molecular formula is C18H29N3O3S2. The zero-order valence-electron chi connectivity index (χ0n) is 15.8. The van der Waals surface area contributed by atoms with Crippen molar-refractivity contribution in [1.82, 2.24) is 14.6 Å². The highest BCUT2D eigenvalue weighted by Crippen LogP contribution is 2.22. The van der Waals surface area contributed by atoms with Gasteiger partial charge in [0.2, 0.25) is 15.9 Å². The summed E-state index contributed by atoms with van der Waals surface area (Å²) < 4.78 is 26.4. The molecule has 8 heteroatoms. The van der Waals surface area contributed by atoms with Crippen LogP contribution < -0.4 is 5.32 Å². The van der Waals surface area contributed by atoms with Gasteiger partial charge in [0.05, 0.1) is 10.8 Å². The fourth-order valence-electron chi connectivity index (χ4n) is 2.79. The molecule has 1 aliphatic heterocycles. The van der Waals surface area contributed by atoms with Crippen LogP contribution in [0.4, 0.5) is 0 Å². The van der Waals surface area contributed by atoms with Crippen LogP contribution in [-0.2, 0) is 14.8 Å². The summed E-state index contributed by atoms with van der Waals surface area (Å²) in [5.74, 6) is 0.877. The Morgan fingerprint density at radius 1 is 1.23 bits per heavy atom. The number of rotatable bonds is 9. The third kappa shape index (κ3) is 6.25. The minimum absolute atomic E-state index is 0.0261. The van der Waals surface area contributed by atoms with E-state index in [0.29, 0.717) is 24.0 Å². The Hall–Kier alpha value is -1.12. The molecule has 2 heterocycles. The summed E-state index contributed by atoms with van der Waals surface area (Å²) in [6.45, 7) is 7.51. The van der Waals surface area contributed by atoms with Crippen molar-refractivity contribution in [3.05, 3.63) is 18.3 Å². The molecule has 1 atom stereocenters. The standard InChI is InChI=1S/C18H29N3O3S2/c1-14(2)6-7-15(3)20-17(22)13-25-18-9-8-16(12-19-18)26(23,24)21-10-4-5-11-21/h8-9,12,14-15H,4-7,10-11,13H2,1-3H3,(H,20,22). The van der Waals surface area contributed by atoms with Gasteiger partial charge in [-0.1, -0.05) is 25.6 Å². The molecule has 0 bridgehead atoms. The van der Waals surface area contributed by atoms with E-state index in [1.54, 1.807) is 12.1 Å². The third-order valence-electron chi connectivity index (χ3n) is 4.35. The molecular weight excluding hydrogens is 370 g/mol. The van der Waals surface area contributed by atoms with Crippen molar-refractivity contribution in [2.45, 2.75) is 62.4 Å². The number of aromatic nitrogens is 1. The minimum Gasteiger partial charge on any atom is -0.353 e. The van der Waals surface area contributed by atoms with Crippen LogP contribution in [0.15, 0.2) is 28.3 Å². The molecule has 146 valence electrons. The van der Waals surface area contributed by atoms with Crippen molar-refractivity contribution in [1.29, 1.82) is 0 Å². The van der Waals surface area contributed by atoms with Gasteiger partial charge in [0, 0.05) is 25.3 Å². The summed E-state index contributed by atoms with van der Waals surface area (Å²) in [5, 5.41) is 3.64. The lowest BCUT2D eigenvalue weighted by Crippen LogP contribution is -2.34. The molecule has 6 nitrogen and oxygen atoms in total. The van der Waals surface area contributed by atoms with Gasteiger partial charge in [0.1, 0.15) is 4.90 Å². The number of carbonyl (C=O) groups excluding carboxylic acids is 1. The van der Waals surface area contributed by atoms with Crippen molar-refractivity contribution in [3.63, 3.8) is 0 Å². The molecule has 1 aromatic rings. The summed E-state index contributed by atoms with van der Waals surface area (Å²) in [7, 11) is -3.43. The van der Waals surface area contributed by atoms with Gasteiger partial charge in [-0.15, -0.1) is 0 Å². The summed E-state index contributed by atoms with van der Waals surface area (Å²) >= 11 is 1.31. The van der Waals surface area contributed by atoms with Crippen molar-refractivity contribution in [3.8, 4) is 0 Å². The highest BCUT2D eigenvalue weighted by molar-refractivity contribution is 7.99. The highest BCUT2D eigenvalue weighted by Gasteiger charge is 2.27. The molecule has 1 amide bonds. The third-order valence-corrected chi connectivity index (χ3v) is 7.17. The van der Waals surface area contributed by atoms with E-state index in [-0.39, 0.29) is 22.6 Å². The molecule has 0 aliphatic carbocycles. The summed E-state index contributed by atoms with van der Waals surface area (Å²) in [4.78, 5) is 16.4. The Morgan fingerprint density at radius 3 is 2.50 bits per heavy atom. The van der Waals surface area contributed by atoms with E-state index in [4.69, 9.17) is 0 Å². The number of sulfonamides is 1. The number of hydrogen-bond donors (Lipinski definition) is 1. The summed E-state index contributed by atoms with van der Waals surface area (Å²) in [6.07, 6.45) is 5.26. The second-order valence-corrected chi connectivity index (χ2v) is 10.1. The zero-order chi connectivity index (χ0) is 19.2. The average molecular weight is 400 g/mol. The second-order valence-electron chi connectivity index (χ2n) is 7.17. The van der Waals surface area contributed by atoms with Crippen LogP contribution in [-0.4, -0.2) is 48.5 Å². The second kappa shape index (κ2) is 9.71. The highest BCUT2D eigenvalue weighted by atomic mass is 32.2. The van der Waals surface area contributed by atoms with E-state index in [0.717, 1.165) is 25.7 Å². The predicted octanol–water partition coefficient (Wildman–Crippen LogP) is 2.90. The van der Waals surface area contributed by atoms with Gasteiger partial charge in [-0.3, -0.25) is 4.79 Å². The van der Waals surface area contributed by atoms with Gasteiger partial charge in [0.25, 0.3) is 0 Å². The molecule has 0 saturated carbocycles. The van der Waals surface area contributed by atoms with E-state index >= 15 is 0 Å². The number of pyridine rings is 1. The average Bonchev–Trinajstić information content (AvgIpc) is 3.14. The number of nitrogens with zero attached hydrogens (tertiary/aromatic N) is 2. The molecule has 1 N–H and O–H groups in total. The van der Waals surface area contributed by atoms with E-state index in [1.165, 1.54) is 22.3 Å². The van der Waals surface area contributed by atoms with Crippen molar-refractivity contribution < 1.29 is 13.2 Å². The lowest BCUT2D eigenvalue weighted by molar-refractivity contribution is -0.119. The van der Waals surface area contributed by atoms with Gasteiger partial charge in [0.15, 0.2) is 0 Å². The Labute approximate surface area is 161 Å². The predicted molar refractivity (Wildman–Crippen MR) is 105 cm³/mol. The number of hydrogen-bond acceptors (Lipinski definition) is 5. The quantitative estimate of drug-likeness (QED) is 0.646. The molecule has 1 aliphatic rings. The monoisotopic (exact) mass is 399 g/mol.